The highest BCUT2D eigenvalue weighted by molar-refractivity contribution is 5.68. The Morgan fingerprint density at radius 3 is 2.43 bits per heavy atom. The Morgan fingerprint density at radius 2 is 1.90 bits per heavy atom. The number of nitrogens with two attached hydrogens (primary N) is 1. The quantitative estimate of drug-likeness (QED) is 0.922. The van der Waals surface area contributed by atoms with Crippen molar-refractivity contribution in [3.05, 3.63) is 18.3 Å². The summed E-state index contributed by atoms with van der Waals surface area (Å²) in [5, 5.41) is 0. The van der Waals surface area contributed by atoms with Crippen LogP contribution >= 0.6 is 0 Å². The topological polar surface area (TPSA) is 61.7 Å². The minimum atomic E-state index is -0.0636. The normalized spacial score (nSPS) is 16.8. The lowest BCUT2D eigenvalue weighted by Gasteiger charge is -2.26. The van der Waals surface area contributed by atoms with E-state index in [0.29, 0.717) is 5.92 Å². The van der Waals surface area contributed by atoms with Crippen LogP contribution < -0.4 is 5.73 Å². The van der Waals surface area contributed by atoms with Crippen LogP contribution in [-0.4, -0.2) is 19.1 Å². The number of nitrogens with zero attached hydrogens (tertiary/aromatic N) is 4. The first-order valence-electron chi connectivity index (χ1n) is 7.75. The van der Waals surface area contributed by atoms with E-state index in [1.54, 1.807) is 6.33 Å². The number of aromatic nitrogens is 4. The van der Waals surface area contributed by atoms with Gasteiger partial charge < -0.3 is 14.9 Å². The van der Waals surface area contributed by atoms with Crippen LogP contribution in [0.5, 0.6) is 0 Å². The molecule has 21 heavy (non-hydrogen) atoms. The highest BCUT2D eigenvalue weighted by Gasteiger charge is 2.31. The predicted octanol–water partition coefficient (Wildman–Crippen LogP) is 3.28. The second-order valence-corrected chi connectivity index (χ2v) is 7.08. The molecular formula is C16H25N5. The van der Waals surface area contributed by atoms with Gasteiger partial charge in [-0.1, -0.05) is 12.8 Å². The molecule has 1 aliphatic carbocycles. The molecule has 5 heteroatoms. The second kappa shape index (κ2) is 4.90. The van der Waals surface area contributed by atoms with Gasteiger partial charge in [-0.15, -0.1) is 0 Å². The summed E-state index contributed by atoms with van der Waals surface area (Å²) in [6.45, 7) is 6.57. The van der Waals surface area contributed by atoms with E-state index in [1.165, 1.54) is 25.7 Å². The van der Waals surface area contributed by atoms with Gasteiger partial charge in [-0.25, -0.2) is 9.97 Å². The summed E-state index contributed by atoms with van der Waals surface area (Å²) in [6, 6.07) is 0. The SMILES string of the molecule is Cn1cncc1-c1nc(C2CCCC2)n(C(C)(C)C)c1N. The van der Waals surface area contributed by atoms with E-state index in [2.05, 4.69) is 30.3 Å². The van der Waals surface area contributed by atoms with Crippen molar-refractivity contribution in [3.63, 3.8) is 0 Å². The van der Waals surface area contributed by atoms with Gasteiger partial charge in [-0.05, 0) is 33.6 Å². The van der Waals surface area contributed by atoms with Crippen molar-refractivity contribution in [2.45, 2.75) is 57.9 Å². The highest BCUT2D eigenvalue weighted by Crippen LogP contribution is 2.40. The molecule has 2 aromatic rings. The minimum Gasteiger partial charge on any atom is -0.383 e. The molecule has 0 amide bonds. The zero-order chi connectivity index (χ0) is 15.2. The van der Waals surface area contributed by atoms with Crippen molar-refractivity contribution in [1.29, 1.82) is 0 Å². The van der Waals surface area contributed by atoms with E-state index in [1.807, 2.05) is 17.8 Å². The molecule has 2 aromatic heterocycles. The summed E-state index contributed by atoms with van der Waals surface area (Å²) in [6.07, 6.45) is 8.66. The van der Waals surface area contributed by atoms with Crippen molar-refractivity contribution in [1.82, 2.24) is 19.1 Å². The van der Waals surface area contributed by atoms with Crippen molar-refractivity contribution < 1.29 is 0 Å². The largest absolute Gasteiger partial charge is 0.383 e. The van der Waals surface area contributed by atoms with Crippen LogP contribution in [0.25, 0.3) is 11.4 Å². The van der Waals surface area contributed by atoms with Crippen LogP contribution in [0.3, 0.4) is 0 Å². The molecule has 3 rings (SSSR count). The van der Waals surface area contributed by atoms with Gasteiger partial charge in [0.2, 0.25) is 0 Å². The lowest BCUT2D eigenvalue weighted by molar-refractivity contribution is 0.377. The predicted molar refractivity (Wildman–Crippen MR) is 85.0 cm³/mol. The van der Waals surface area contributed by atoms with Gasteiger partial charge in [0.25, 0.3) is 0 Å². The molecule has 0 radical (unpaired) electrons. The summed E-state index contributed by atoms with van der Waals surface area (Å²) < 4.78 is 4.20. The number of hydrogen-bond acceptors (Lipinski definition) is 3. The van der Waals surface area contributed by atoms with E-state index in [9.17, 15) is 0 Å². The van der Waals surface area contributed by atoms with E-state index in [-0.39, 0.29) is 5.54 Å². The molecule has 1 fully saturated rings. The van der Waals surface area contributed by atoms with Crippen LogP contribution in [0.2, 0.25) is 0 Å². The summed E-state index contributed by atoms with van der Waals surface area (Å²) in [5.41, 5.74) is 8.26. The maximum atomic E-state index is 6.48. The molecule has 1 aliphatic rings. The van der Waals surface area contributed by atoms with E-state index < -0.39 is 0 Å². The van der Waals surface area contributed by atoms with Gasteiger partial charge in [-0.2, -0.15) is 0 Å². The Morgan fingerprint density at radius 1 is 1.24 bits per heavy atom. The molecule has 0 spiro atoms. The number of anilines is 1. The Balaban J connectivity index is 2.17. The maximum absolute atomic E-state index is 6.48. The van der Waals surface area contributed by atoms with Crippen molar-refractivity contribution in [2.24, 2.45) is 7.05 Å². The van der Waals surface area contributed by atoms with Crippen LogP contribution in [0.1, 0.15) is 58.2 Å². The maximum Gasteiger partial charge on any atom is 0.133 e. The van der Waals surface area contributed by atoms with E-state index >= 15 is 0 Å². The molecule has 0 aromatic carbocycles. The Labute approximate surface area is 126 Å². The minimum absolute atomic E-state index is 0.0636. The molecule has 0 atom stereocenters. The molecule has 0 saturated heterocycles. The van der Waals surface area contributed by atoms with Crippen LogP contribution in [0.15, 0.2) is 12.5 Å². The van der Waals surface area contributed by atoms with Crippen molar-refractivity contribution in [2.75, 3.05) is 5.73 Å². The first-order chi connectivity index (χ1) is 9.89. The zero-order valence-corrected chi connectivity index (χ0v) is 13.4. The average Bonchev–Trinajstić information content (AvgIpc) is 3.07. The Hall–Kier alpha value is -1.78. The van der Waals surface area contributed by atoms with E-state index in [0.717, 1.165) is 23.0 Å². The van der Waals surface area contributed by atoms with E-state index in [4.69, 9.17) is 10.7 Å². The first kappa shape index (κ1) is 14.2. The molecule has 2 N–H and O–H groups in total. The van der Waals surface area contributed by atoms with Crippen molar-refractivity contribution >= 4 is 5.82 Å². The van der Waals surface area contributed by atoms with Gasteiger partial charge in [0, 0.05) is 18.5 Å². The third-order valence-corrected chi connectivity index (χ3v) is 4.39. The molecule has 2 heterocycles. The fourth-order valence-electron chi connectivity index (χ4n) is 3.39. The molecule has 1 saturated carbocycles. The molecular weight excluding hydrogens is 262 g/mol. The lowest BCUT2D eigenvalue weighted by Crippen LogP contribution is -2.26. The third kappa shape index (κ3) is 2.34. The van der Waals surface area contributed by atoms with Crippen LogP contribution in [0, 0.1) is 0 Å². The average molecular weight is 287 g/mol. The fourth-order valence-corrected chi connectivity index (χ4v) is 3.39. The standard InChI is InChI=1S/C16H25N5/c1-16(2,3)21-14(17)13(12-9-18-10-20(12)4)19-15(21)11-7-5-6-8-11/h9-11H,5-8,17H2,1-4H3. The summed E-state index contributed by atoms with van der Waals surface area (Å²) in [5.74, 6) is 2.44. The first-order valence-corrected chi connectivity index (χ1v) is 7.75. The number of rotatable bonds is 2. The Bertz CT molecular complexity index is 638. The number of nitrogen functional groups attached to an aromatic ring is 1. The number of aryl methyl sites for hydroxylation is 1. The van der Waals surface area contributed by atoms with Gasteiger partial charge in [-0.3, -0.25) is 0 Å². The van der Waals surface area contributed by atoms with Gasteiger partial charge in [0.05, 0.1) is 18.2 Å². The molecule has 114 valence electrons. The summed E-state index contributed by atoms with van der Waals surface area (Å²) in [7, 11) is 1.98. The fraction of sp³-hybridized carbons (Fsp3) is 0.625. The zero-order valence-electron chi connectivity index (χ0n) is 13.4. The number of hydrogen-bond donors (Lipinski definition) is 1. The third-order valence-electron chi connectivity index (χ3n) is 4.39. The number of imidazole rings is 2. The van der Waals surface area contributed by atoms with Crippen molar-refractivity contribution in [3.8, 4) is 11.4 Å². The molecule has 5 nitrogen and oxygen atoms in total. The van der Waals surface area contributed by atoms with Gasteiger partial charge in [0.1, 0.15) is 17.3 Å². The molecule has 0 bridgehead atoms. The molecule has 0 unspecified atom stereocenters. The lowest BCUT2D eigenvalue weighted by atomic mass is 10.0. The van der Waals surface area contributed by atoms with Gasteiger partial charge >= 0.3 is 0 Å². The Kier molecular flexibility index (Phi) is 3.30. The summed E-state index contributed by atoms with van der Waals surface area (Å²) in [4.78, 5) is 9.13. The smallest absolute Gasteiger partial charge is 0.133 e. The highest BCUT2D eigenvalue weighted by atomic mass is 15.2. The summed E-state index contributed by atoms with van der Waals surface area (Å²) >= 11 is 0. The van der Waals surface area contributed by atoms with Crippen LogP contribution in [0.4, 0.5) is 5.82 Å². The molecule has 0 aliphatic heterocycles. The van der Waals surface area contributed by atoms with Crippen LogP contribution in [-0.2, 0) is 12.6 Å². The second-order valence-electron chi connectivity index (χ2n) is 7.08. The van der Waals surface area contributed by atoms with Gasteiger partial charge in [0.15, 0.2) is 0 Å². The monoisotopic (exact) mass is 287 g/mol.